The van der Waals surface area contributed by atoms with E-state index >= 15 is 0 Å². The molecule has 2 aromatic rings. The van der Waals surface area contributed by atoms with Gasteiger partial charge in [-0.2, -0.15) is 0 Å². The molecule has 0 bridgehead atoms. The molecule has 0 spiro atoms. The maximum absolute atomic E-state index is 13.5. The van der Waals surface area contributed by atoms with E-state index in [9.17, 15) is 14.0 Å². The number of aryl methyl sites for hydroxylation is 1. The molecule has 1 atom stereocenters. The molecule has 4 rings (SSSR count). The monoisotopic (exact) mass is 511 g/mol. The Bertz CT molecular complexity index is 1070. The van der Waals surface area contributed by atoms with E-state index in [4.69, 9.17) is 12.2 Å². The van der Waals surface area contributed by atoms with Gasteiger partial charge < -0.3 is 20.0 Å². The van der Waals surface area contributed by atoms with Crippen LogP contribution in [0.5, 0.6) is 0 Å². The fourth-order valence-electron chi connectivity index (χ4n) is 4.73. The molecule has 2 saturated heterocycles. The van der Waals surface area contributed by atoms with E-state index in [0.29, 0.717) is 23.0 Å². The summed E-state index contributed by atoms with van der Waals surface area (Å²) in [5.74, 6) is -0.885. The van der Waals surface area contributed by atoms with E-state index in [1.807, 2.05) is 36.1 Å². The van der Waals surface area contributed by atoms with Crippen LogP contribution in [0.4, 0.5) is 15.8 Å². The van der Waals surface area contributed by atoms with Crippen molar-refractivity contribution < 1.29 is 14.0 Å². The summed E-state index contributed by atoms with van der Waals surface area (Å²) in [5, 5.41) is 3.20. The molecule has 36 heavy (non-hydrogen) atoms. The first-order valence-corrected chi connectivity index (χ1v) is 13.0. The van der Waals surface area contributed by atoms with Crippen LogP contribution in [-0.4, -0.2) is 83.5 Å². The Hall–Kier alpha value is -2.88. The predicted molar refractivity (Wildman–Crippen MR) is 145 cm³/mol. The Labute approximate surface area is 217 Å². The van der Waals surface area contributed by atoms with Crippen molar-refractivity contribution in [3.05, 3.63) is 59.9 Å². The van der Waals surface area contributed by atoms with Gasteiger partial charge in [0.2, 0.25) is 5.91 Å². The van der Waals surface area contributed by atoms with Crippen LogP contribution in [0.15, 0.2) is 48.5 Å². The van der Waals surface area contributed by atoms with E-state index < -0.39 is 6.04 Å². The zero-order valence-corrected chi connectivity index (χ0v) is 21.8. The Balaban J connectivity index is 1.44. The lowest BCUT2D eigenvalue weighted by Crippen LogP contribution is -2.47. The number of piperazine rings is 1. The molecule has 2 amide bonds. The number of nitrogens with one attached hydrogen (secondary N) is 1. The first-order chi connectivity index (χ1) is 17.4. The van der Waals surface area contributed by atoms with Gasteiger partial charge in [-0.1, -0.05) is 24.6 Å². The molecule has 192 valence electrons. The van der Waals surface area contributed by atoms with Gasteiger partial charge in [-0.05, 0) is 75.1 Å². The summed E-state index contributed by atoms with van der Waals surface area (Å²) < 4.78 is 13.2. The highest BCUT2D eigenvalue weighted by Gasteiger charge is 2.43. The van der Waals surface area contributed by atoms with Gasteiger partial charge in [0.05, 0.1) is 12.1 Å². The van der Waals surface area contributed by atoms with Gasteiger partial charge >= 0.3 is 0 Å². The second-order valence-corrected chi connectivity index (χ2v) is 9.75. The van der Waals surface area contributed by atoms with Crippen LogP contribution >= 0.6 is 12.2 Å². The number of hydrogen-bond acceptors (Lipinski definition) is 5. The number of carbonyl (C=O) groups is 2. The molecule has 9 heteroatoms. The Kier molecular flexibility index (Phi) is 8.66. The zero-order chi connectivity index (χ0) is 25.7. The van der Waals surface area contributed by atoms with Crippen LogP contribution in [0, 0.1) is 12.7 Å². The maximum Gasteiger partial charge on any atom is 0.256 e. The molecule has 1 N–H and O–H groups in total. The van der Waals surface area contributed by atoms with Crippen molar-refractivity contribution in [2.24, 2.45) is 0 Å². The number of hydrogen-bond donors (Lipinski definition) is 1. The summed E-state index contributed by atoms with van der Waals surface area (Å²) in [7, 11) is 0. The molecule has 0 radical (unpaired) electrons. The van der Waals surface area contributed by atoms with Crippen molar-refractivity contribution in [2.75, 3.05) is 56.0 Å². The SMILES string of the molecule is CCN1CCN(CCCN2C(=S)N(c3ccc(C)cc3)C(=O)C2CC(=O)Nc2ccc(F)cc2)CC1. The third-order valence-corrected chi connectivity index (χ3v) is 7.32. The van der Waals surface area contributed by atoms with E-state index in [0.717, 1.165) is 51.3 Å². The zero-order valence-electron chi connectivity index (χ0n) is 21.0. The second-order valence-electron chi connectivity index (χ2n) is 9.39. The smallest absolute Gasteiger partial charge is 0.256 e. The predicted octanol–water partition coefficient (Wildman–Crippen LogP) is 3.49. The van der Waals surface area contributed by atoms with E-state index in [-0.39, 0.29) is 24.1 Å². The first-order valence-electron chi connectivity index (χ1n) is 12.6. The fraction of sp³-hybridized carbons (Fsp3) is 0.444. The first kappa shape index (κ1) is 26.2. The molecule has 2 aliphatic heterocycles. The Morgan fingerprint density at radius 2 is 1.64 bits per heavy atom. The number of nitrogens with zero attached hydrogens (tertiary/aromatic N) is 4. The van der Waals surface area contributed by atoms with Gasteiger partial charge in [0.25, 0.3) is 5.91 Å². The average molecular weight is 512 g/mol. The van der Waals surface area contributed by atoms with Crippen LogP contribution < -0.4 is 10.2 Å². The van der Waals surface area contributed by atoms with Gasteiger partial charge in [0.1, 0.15) is 11.9 Å². The van der Waals surface area contributed by atoms with Gasteiger partial charge in [-0.3, -0.25) is 14.5 Å². The van der Waals surface area contributed by atoms with Gasteiger partial charge in [0, 0.05) is 38.4 Å². The molecule has 0 aromatic heterocycles. The highest BCUT2D eigenvalue weighted by atomic mass is 32.1. The molecule has 0 aliphatic carbocycles. The summed E-state index contributed by atoms with van der Waals surface area (Å²) in [6.07, 6.45) is 0.811. The quantitative estimate of drug-likeness (QED) is 0.520. The molecule has 7 nitrogen and oxygen atoms in total. The summed E-state index contributed by atoms with van der Waals surface area (Å²) >= 11 is 5.77. The number of benzene rings is 2. The second kappa shape index (κ2) is 11.9. The van der Waals surface area contributed by atoms with Gasteiger partial charge in [-0.25, -0.2) is 4.39 Å². The number of anilines is 2. The highest BCUT2D eigenvalue weighted by molar-refractivity contribution is 7.80. The van der Waals surface area contributed by atoms with E-state index in [1.165, 1.54) is 24.3 Å². The molecule has 0 saturated carbocycles. The summed E-state index contributed by atoms with van der Waals surface area (Å²) in [6, 6.07) is 12.6. The normalized spacial score (nSPS) is 19.2. The Morgan fingerprint density at radius 3 is 2.28 bits per heavy atom. The van der Waals surface area contributed by atoms with Crippen LogP contribution in [0.3, 0.4) is 0 Å². The van der Waals surface area contributed by atoms with Gasteiger partial charge in [-0.15, -0.1) is 0 Å². The Morgan fingerprint density at radius 1 is 1.00 bits per heavy atom. The largest absolute Gasteiger partial charge is 0.336 e. The third kappa shape index (κ3) is 6.27. The van der Waals surface area contributed by atoms with E-state index in [1.54, 1.807) is 4.90 Å². The van der Waals surface area contributed by atoms with Crippen LogP contribution in [0.1, 0.15) is 25.3 Å². The van der Waals surface area contributed by atoms with Crippen molar-refractivity contribution in [2.45, 2.75) is 32.7 Å². The molecule has 2 aromatic carbocycles. The number of amides is 2. The van der Waals surface area contributed by atoms with Crippen LogP contribution in [-0.2, 0) is 9.59 Å². The van der Waals surface area contributed by atoms with Crippen LogP contribution in [0.25, 0.3) is 0 Å². The van der Waals surface area contributed by atoms with Crippen molar-refractivity contribution in [3.8, 4) is 0 Å². The summed E-state index contributed by atoms with van der Waals surface area (Å²) in [4.78, 5) is 34.7. The molecular weight excluding hydrogens is 477 g/mol. The molecule has 2 fully saturated rings. The summed E-state index contributed by atoms with van der Waals surface area (Å²) in [5.41, 5.74) is 2.28. The number of rotatable bonds is 9. The number of halogens is 1. The summed E-state index contributed by atoms with van der Waals surface area (Å²) in [6.45, 7) is 11.0. The van der Waals surface area contributed by atoms with Crippen LogP contribution in [0.2, 0.25) is 0 Å². The van der Waals surface area contributed by atoms with Crippen molar-refractivity contribution >= 4 is 40.5 Å². The maximum atomic E-state index is 13.5. The highest BCUT2D eigenvalue weighted by Crippen LogP contribution is 2.28. The number of likely N-dealkylation sites (N-methyl/N-ethyl adjacent to an activating group) is 1. The molecular formula is C27H34FN5O2S. The standard InChI is InChI=1S/C27H34FN5O2S/c1-3-30-15-17-31(18-16-30)13-4-14-32-24(19-25(34)29-22-9-7-21(28)8-10-22)26(35)33(27(32)36)23-11-5-20(2)6-12-23/h5-12,24H,3-4,13-19H2,1-2H3,(H,29,34). The van der Waals surface area contributed by atoms with Crippen molar-refractivity contribution in [3.63, 3.8) is 0 Å². The molecule has 2 aliphatic rings. The molecule has 2 heterocycles. The van der Waals surface area contributed by atoms with Gasteiger partial charge in [0.15, 0.2) is 5.11 Å². The van der Waals surface area contributed by atoms with Crippen molar-refractivity contribution in [1.82, 2.24) is 14.7 Å². The molecule has 1 unspecified atom stereocenters. The van der Waals surface area contributed by atoms with Crippen molar-refractivity contribution in [1.29, 1.82) is 0 Å². The van der Waals surface area contributed by atoms with E-state index in [2.05, 4.69) is 22.0 Å². The minimum absolute atomic E-state index is 0.0338. The topological polar surface area (TPSA) is 59.1 Å². The lowest BCUT2D eigenvalue weighted by atomic mass is 10.1. The third-order valence-electron chi connectivity index (χ3n) is 6.90. The number of thiocarbonyl (C=S) groups is 1. The lowest BCUT2D eigenvalue weighted by molar-refractivity contribution is -0.124. The average Bonchev–Trinajstić information content (AvgIpc) is 3.10. The fourth-order valence-corrected chi connectivity index (χ4v) is 5.15. The minimum atomic E-state index is -0.684. The lowest BCUT2D eigenvalue weighted by Gasteiger charge is -2.34. The number of carbonyl (C=O) groups excluding carboxylic acids is 2. The minimum Gasteiger partial charge on any atom is -0.336 e.